The zero-order valence-corrected chi connectivity index (χ0v) is 33.1. The van der Waals surface area contributed by atoms with Crippen LogP contribution < -0.4 is 16.4 Å². The fourth-order valence-electron chi connectivity index (χ4n) is 6.89. The SMILES string of the molecule is Cc1ncsc1-c1ccc(C(C)NC(=O)C2CC(O)CN2C(=O)C(NC(=O)CCCCn2cc(-c3cc(-c4ccccc4O)nnc3N)cn2)C(C)(C)C)cc1. The summed E-state index contributed by atoms with van der Waals surface area (Å²) in [5, 5.41) is 39.5. The molecule has 56 heavy (non-hydrogen) atoms. The van der Waals surface area contributed by atoms with E-state index in [0.29, 0.717) is 36.2 Å². The van der Waals surface area contributed by atoms with Gasteiger partial charge in [0.25, 0.3) is 0 Å². The molecule has 294 valence electrons. The number of aliphatic hydroxyl groups is 1. The molecular weight excluding hydrogens is 731 g/mol. The first-order chi connectivity index (χ1) is 26.7. The number of nitrogens with two attached hydrogens (primary N) is 1. The van der Waals surface area contributed by atoms with E-state index in [4.69, 9.17) is 5.73 Å². The van der Waals surface area contributed by atoms with Crippen molar-refractivity contribution in [1.29, 1.82) is 0 Å². The van der Waals surface area contributed by atoms with Crippen molar-refractivity contribution >= 4 is 34.9 Å². The van der Waals surface area contributed by atoms with Crippen LogP contribution >= 0.6 is 11.3 Å². The Bertz CT molecular complexity index is 2180. The Morgan fingerprint density at radius 1 is 1.02 bits per heavy atom. The maximum absolute atomic E-state index is 14.1. The molecule has 6 rings (SSSR count). The molecule has 2 aromatic carbocycles. The number of β-amino-alcohol motifs (C(OH)–C–C–N with tert-alkyl or cyclic N) is 1. The number of hydrogen-bond acceptors (Lipinski definition) is 11. The molecule has 6 N–H and O–H groups in total. The average Bonchev–Trinajstić information content (AvgIpc) is 3.92. The molecule has 3 aromatic heterocycles. The van der Waals surface area contributed by atoms with Gasteiger partial charge in [0.15, 0.2) is 5.82 Å². The van der Waals surface area contributed by atoms with Gasteiger partial charge in [-0.05, 0) is 61.4 Å². The van der Waals surface area contributed by atoms with Crippen LogP contribution in [-0.2, 0) is 20.9 Å². The van der Waals surface area contributed by atoms with Crippen LogP contribution in [0.3, 0.4) is 0 Å². The van der Waals surface area contributed by atoms with Crippen LogP contribution in [-0.4, -0.2) is 82.5 Å². The lowest BCUT2D eigenvalue weighted by atomic mass is 9.85. The highest BCUT2D eigenvalue weighted by Crippen LogP contribution is 2.33. The summed E-state index contributed by atoms with van der Waals surface area (Å²) in [5.74, 6) is -0.720. The molecule has 3 amide bonds. The van der Waals surface area contributed by atoms with Crippen LogP contribution in [0.5, 0.6) is 5.75 Å². The van der Waals surface area contributed by atoms with E-state index in [9.17, 15) is 24.6 Å². The van der Waals surface area contributed by atoms with Crippen molar-refractivity contribution in [1.82, 2.24) is 40.5 Å². The molecule has 0 saturated carbocycles. The number of anilines is 1. The number of amides is 3. The number of phenols is 1. The van der Waals surface area contributed by atoms with Gasteiger partial charge in [-0.1, -0.05) is 57.2 Å². The number of nitrogen functional groups attached to an aromatic ring is 1. The van der Waals surface area contributed by atoms with Gasteiger partial charge < -0.3 is 31.5 Å². The minimum Gasteiger partial charge on any atom is -0.507 e. The number of benzene rings is 2. The number of unbranched alkanes of at least 4 members (excludes halogenated alkanes) is 1. The largest absolute Gasteiger partial charge is 0.507 e. The molecule has 1 saturated heterocycles. The molecule has 15 heteroatoms. The van der Waals surface area contributed by atoms with Crippen molar-refractivity contribution in [3.05, 3.63) is 83.8 Å². The van der Waals surface area contributed by atoms with Crippen molar-refractivity contribution in [2.45, 2.75) is 91.1 Å². The molecule has 1 aliphatic rings. The van der Waals surface area contributed by atoms with E-state index >= 15 is 0 Å². The van der Waals surface area contributed by atoms with E-state index < -0.39 is 29.5 Å². The number of para-hydroxylation sites is 1. The minimum absolute atomic E-state index is 0.000246. The van der Waals surface area contributed by atoms with E-state index in [1.54, 1.807) is 52.5 Å². The molecule has 14 nitrogen and oxygen atoms in total. The highest BCUT2D eigenvalue weighted by Gasteiger charge is 2.44. The van der Waals surface area contributed by atoms with E-state index in [0.717, 1.165) is 27.3 Å². The number of thiazole rings is 1. The summed E-state index contributed by atoms with van der Waals surface area (Å²) in [7, 11) is 0. The van der Waals surface area contributed by atoms with Gasteiger partial charge in [0.05, 0.1) is 40.1 Å². The van der Waals surface area contributed by atoms with Gasteiger partial charge in [0, 0.05) is 48.8 Å². The van der Waals surface area contributed by atoms with Crippen molar-refractivity contribution in [3.8, 4) is 38.6 Å². The minimum atomic E-state index is -0.911. The zero-order valence-electron chi connectivity index (χ0n) is 32.3. The maximum atomic E-state index is 14.1. The average molecular weight is 780 g/mol. The molecule has 4 atom stereocenters. The lowest BCUT2D eigenvalue weighted by molar-refractivity contribution is -0.144. The number of aromatic nitrogens is 5. The predicted molar refractivity (Wildman–Crippen MR) is 215 cm³/mol. The number of nitrogens with zero attached hydrogens (tertiary/aromatic N) is 6. The van der Waals surface area contributed by atoms with E-state index in [1.807, 2.05) is 70.6 Å². The van der Waals surface area contributed by atoms with Crippen LogP contribution in [0.1, 0.15) is 70.7 Å². The number of carbonyl (C=O) groups excluding carboxylic acids is 3. The van der Waals surface area contributed by atoms with Crippen molar-refractivity contribution in [2.75, 3.05) is 12.3 Å². The summed E-state index contributed by atoms with van der Waals surface area (Å²) in [6, 6.07) is 14.4. The molecule has 0 bridgehead atoms. The Balaban J connectivity index is 1.02. The molecule has 0 aliphatic carbocycles. The summed E-state index contributed by atoms with van der Waals surface area (Å²) >= 11 is 1.58. The van der Waals surface area contributed by atoms with Gasteiger partial charge >= 0.3 is 0 Å². The fourth-order valence-corrected chi connectivity index (χ4v) is 7.70. The molecule has 0 radical (unpaired) electrons. The number of aromatic hydroxyl groups is 1. The second-order valence-electron chi connectivity index (χ2n) is 15.4. The Morgan fingerprint density at radius 2 is 1.77 bits per heavy atom. The molecular formula is C41H49N9O5S. The van der Waals surface area contributed by atoms with Crippen LogP contribution in [0.4, 0.5) is 5.82 Å². The maximum Gasteiger partial charge on any atom is 0.246 e. The summed E-state index contributed by atoms with van der Waals surface area (Å²) in [4.78, 5) is 47.8. The molecule has 5 aromatic rings. The molecule has 4 unspecified atom stereocenters. The van der Waals surface area contributed by atoms with E-state index in [1.165, 1.54) is 4.90 Å². The number of hydrogen-bond donors (Lipinski definition) is 5. The Hall–Kier alpha value is -5.67. The summed E-state index contributed by atoms with van der Waals surface area (Å²) < 4.78 is 1.76. The molecule has 1 fully saturated rings. The van der Waals surface area contributed by atoms with Crippen LogP contribution in [0, 0.1) is 12.3 Å². The van der Waals surface area contributed by atoms with Gasteiger partial charge in [0.1, 0.15) is 17.8 Å². The van der Waals surface area contributed by atoms with Crippen LogP contribution in [0.2, 0.25) is 0 Å². The Labute approximate surface area is 330 Å². The first kappa shape index (κ1) is 40.0. The number of nitrogens with one attached hydrogen (secondary N) is 2. The number of aliphatic hydroxyl groups excluding tert-OH is 1. The van der Waals surface area contributed by atoms with Crippen molar-refractivity contribution in [3.63, 3.8) is 0 Å². The monoisotopic (exact) mass is 779 g/mol. The van der Waals surface area contributed by atoms with Crippen molar-refractivity contribution in [2.24, 2.45) is 5.41 Å². The number of carbonyl (C=O) groups is 3. The smallest absolute Gasteiger partial charge is 0.246 e. The van der Waals surface area contributed by atoms with Gasteiger partial charge in [0.2, 0.25) is 17.7 Å². The van der Waals surface area contributed by atoms with Crippen LogP contribution in [0.25, 0.3) is 32.8 Å². The summed E-state index contributed by atoms with van der Waals surface area (Å²) in [5.41, 5.74) is 12.6. The third kappa shape index (κ3) is 9.23. The Morgan fingerprint density at radius 3 is 2.46 bits per heavy atom. The number of aryl methyl sites for hydroxylation is 2. The summed E-state index contributed by atoms with van der Waals surface area (Å²) in [6.45, 7) is 9.98. The second-order valence-corrected chi connectivity index (χ2v) is 16.2. The standard InChI is InChI=1S/C41H49N9O5S/c1-24(26-13-15-27(16-14-26)36-25(2)43-23-56-36)45-39(54)33-18-29(51)22-50(33)40(55)37(41(3,4)5)46-35(53)12-8-9-17-49-21-28(20-44-49)31-19-32(47-48-38(31)42)30-10-6-7-11-34(30)52/h6-7,10-11,13-16,19-21,23-24,29,33,37,51-52H,8-9,12,17-18,22H2,1-5H3,(H2,42,48)(H,45,54)(H,46,53). The highest BCUT2D eigenvalue weighted by atomic mass is 32.1. The first-order valence-corrected chi connectivity index (χ1v) is 19.6. The van der Waals surface area contributed by atoms with Gasteiger partial charge in [-0.3, -0.25) is 19.1 Å². The first-order valence-electron chi connectivity index (χ1n) is 18.7. The fraction of sp³-hybridized carbons (Fsp3) is 0.390. The van der Waals surface area contributed by atoms with Gasteiger partial charge in [-0.25, -0.2) is 4.98 Å². The third-order valence-corrected chi connectivity index (χ3v) is 11.0. The van der Waals surface area contributed by atoms with Crippen molar-refractivity contribution < 1.29 is 24.6 Å². The van der Waals surface area contributed by atoms with E-state index in [2.05, 4.69) is 30.9 Å². The lowest BCUT2D eigenvalue weighted by Gasteiger charge is -2.35. The Kier molecular flexibility index (Phi) is 12.1. The second kappa shape index (κ2) is 17.0. The van der Waals surface area contributed by atoms with Gasteiger partial charge in [-0.2, -0.15) is 5.10 Å². The topological polar surface area (TPSA) is 201 Å². The molecule has 0 spiro atoms. The lowest BCUT2D eigenvalue weighted by Crippen LogP contribution is -2.57. The van der Waals surface area contributed by atoms with Crippen LogP contribution in [0.15, 0.2) is 72.5 Å². The van der Waals surface area contributed by atoms with Gasteiger partial charge in [-0.15, -0.1) is 21.5 Å². The normalized spacial score (nSPS) is 16.7. The number of likely N-dealkylation sites (tertiary alicyclic amines) is 1. The zero-order chi connectivity index (χ0) is 40.1. The highest BCUT2D eigenvalue weighted by molar-refractivity contribution is 7.13. The summed E-state index contributed by atoms with van der Waals surface area (Å²) in [6.07, 6.45) is 4.13. The number of rotatable bonds is 13. The quantitative estimate of drug-likeness (QED) is 0.0981. The molecule has 4 heterocycles. The third-order valence-electron chi connectivity index (χ3n) is 10.0. The predicted octanol–water partition coefficient (Wildman–Crippen LogP) is 5.27. The number of phenolic OH excluding ortho intramolecular Hbond substituents is 1. The molecule has 1 aliphatic heterocycles. The van der Waals surface area contributed by atoms with E-state index in [-0.39, 0.29) is 48.8 Å².